The molecule has 0 saturated heterocycles. The van der Waals surface area contributed by atoms with Crippen LogP contribution in [0.2, 0.25) is 5.02 Å². The molecule has 0 bridgehead atoms. The molecule has 156 valence electrons. The van der Waals surface area contributed by atoms with Gasteiger partial charge in [-0.05, 0) is 42.3 Å². The molecule has 0 aliphatic carbocycles. The van der Waals surface area contributed by atoms with Crippen molar-refractivity contribution in [2.75, 3.05) is 11.9 Å². The van der Waals surface area contributed by atoms with Gasteiger partial charge in [-0.15, -0.1) is 6.58 Å². The highest BCUT2D eigenvalue weighted by Gasteiger charge is 2.19. The monoisotopic (exact) mass is 433 g/mol. The summed E-state index contributed by atoms with van der Waals surface area (Å²) < 4.78 is 3.22. The molecule has 9 heteroatoms. The number of hydrogen-bond donors (Lipinski definition) is 2. The van der Waals surface area contributed by atoms with Gasteiger partial charge in [0.05, 0.1) is 17.3 Å². The second-order valence-electron chi connectivity index (χ2n) is 7.28. The summed E-state index contributed by atoms with van der Waals surface area (Å²) in [4.78, 5) is 26.1. The Kier molecular flexibility index (Phi) is 5.01. The zero-order valence-corrected chi connectivity index (χ0v) is 17.4. The van der Waals surface area contributed by atoms with Gasteiger partial charge in [0.2, 0.25) is 5.95 Å². The molecule has 0 fully saturated rings. The SMILES string of the molecule is C=CCn1c(=O)c2cnc(Nc3ccc4c(c3)CCNC4)nc2n1-c1ccncc1Cl. The molecule has 0 atom stereocenters. The Balaban J connectivity index is 1.62. The number of fused-ring (bicyclic) bond motifs is 2. The first-order chi connectivity index (χ1) is 15.2. The fourth-order valence-electron chi connectivity index (χ4n) is 3.84. The second kappa shape index (κ2) is 7.98. The van der Waals surface area contributed by atoms with E-state index in [0.717, 1.165) is 25.2 Å². The summed E-state index contributed by atoms with van der Waals surface area (Å²) in [6.07, 6.45) is 7.34. The third-order valence-electron chi connectivity index (χ3n) is 5.31. The van der Waals surface area contributed by atoms with E-state index in [2.05, 4.69) is 44.3 Å². The molecule has 4 heterocycles. The highest BCUT2D eigenvalue weighted by Crippen LogP contribution is 2.24. The van der Waals surface area contributed by atoms with Crippen LogP contribution in [-0.4, -0.2) is 30.9 Å². The Morgan fingerprint density at radius 3 is 3.00 bits per heavy atom. The maximum atomic E-state index is 13.0. The largest absolute Gasteiger partial charge is 0.324 e. The summed E-state index contributed by atoms with van der Waals surface area (Å²) in [6, 6.07) is 7.98. The van der Waals surface area contributed by atoms with Crippen LogP contribution in [0.25, 0.3) is 16.7 Å². The molecule has 5 rings (SSSR count). The Bertz CT molecular complexity index is 1360. The summed E-state index contributed by atoms with van der Waals surface area (Å²) >= 11 is 6.39. The molecule has 0 saturated carbocycles. The minimum Gasteiger partial charge on any atom is -0.324 e. The number of allylic oxidation sites excluding steroid dienone is 1. The molecule has 2 N–H and O–H groups in total. The minimum absolute atomic E-state index is 0.212. The molecule has 0 unspecified atom stereocenters. The number of hydrogen-bond acceptors (Lipinski definition) is 6. The van der Waals surface area contributed by atoms with E-state index in [1.807, 2.05) is 6.07 Å². The van der Waals surface area contributed by atoms with Gasteiger partial charge < -0.3 is 10.6 Å². The molecule has 0 amide bonds. The standard InChI is InChI=1S/C22H20ClN7O/c1-2-9-29-21(31)17-12-26-22(27-16-4-3-15-11-24-7-5-14(15)10-16)28-20(17)30(29)19-6-8-25-13-18(19)23/h2-4,6,8,10,12-13,24H,1,5,7,9,11H2,(H,26,27,28). The quantitative estimate of drug-likeness (QED) is 0.470. The minimum atomic E-state index is -0.212. The third kappa shape index (κ3) is 3.49. The maximum Gasteiger partial charge on any atom is 0.278 e. The predicted octanol–water partition coefficient (Wildman–Crippen LogP) is 3.21. The summed E-state index contributed by atoms with van der Waals surface area (Å²) in [5, 5.41) is 7.45. The fourth-order valence-corrected chi connectivity index (χ4v) is 4.04. The smallest absolute Gasteiger partial charge is 0.278 e. The summed E-state index contributed by atoms with van der Waals surface area (Å²) in [7, 11) is 0. The van der Waals surface area contributed by atoms with Gasteiger partial charge >= 0.3 is 0 Å². The van der Waals surface area contributed by atoms with Gasteiger partial charge in [-0.1, -0.05) is 23.7 Å². The molecule has 8 nitrogen and oxygen atoms in total. The van der Waals surface area contributed by atoms with Crippen LogP contribution in [0.1, 0.15) is 11.1 Å². The van der Waals surface area contributed by atoms with Crippen LogP contribution in [0.15, 0.2) is 60.3 Å². The zero-order valence-electron chi connectivity index (χ0n) is 16.7. The van der Waals surface area contributed by atoms with Crippen LogP contribution in [0.4, 0.5) is 11.6 Å². The van der Waals surface area contributed by atoms with Gasteiger partial charge in [-0.25, -0.2) is 14.3 Å². The molecular weight excluding hydrogens is 414 g/mol. The molecule has 1 aliphatic heterocycles. The van der Waals surface area contributed by atoms with Crippen molar-refractivity contribution in [1.29, 1.82) is 0 Å². The number of rotatable bonds is 5. The Labute approximate surface area is 183 Å². The Morgan fingerprint density at radius 2 is 2.16 bits per heavy atom. The van der Waals surface area contributed by atoms with Crippen LogP contribution in [0, 0.1) is 0 Å². The molecular formula is C22H20ClN7O. The predicted molar refractivity (Wildman–Crippen MR) is 121 cm³/mol. The highest BCUT2D eigenvalue weighted by molar-refractivity contribution is 6.32. The molecule has 31 heavy (non-hydrogen) atoms. The van der Waals surface area contributed by atoms with Crippen molar-refractivity contribution in [1.82, 2.24) is 29.6 Å². The van der Waals surface area contributed by atoms with E-state index in [4.69, 9.17) is 11.6 Å². The van der Waals surface area contributed by atoms with Gasteiger partial charge in [-0.2, -0.15) is 4.98 Å². The number of nitrogens with one attached hydrogen (secondary N) is 2. The average molecular weight is 434 g/mol. The number of aromatic nitrogens is 5. The first kappa shape index (κ1) is 19.5. The number of halogens is 1. The summed E-state index contributed by atoms with van der Waals surface area (Å²) in [5.74, 6) is 0.399. The fraction of sp³-hybridized carbons (Fsp3) is 0.182. The average Bonchev–Trinajstić information content (AvgIpc) is 3.05. The van der Waals surface area contributed by atoms with Crippen molar-refractivity contribution in [3.63, 3.8) is 0 Å². The van der Waals surface area contributed by atoms with E-state index in [-0.39, 0.29) is 5.56 Å². The highest BCUT2D eigenvalue weighted by atomic mass is 35.5. The third-order valence-corrected chi connectivity index (χ3v) is 5.60. The van der Waals surface area contributed by atoms with Crippen molar-refractivity contribution in [3.8, 4) is 5.69 Å². The van der Waals surface area contributed by atoms with Crippen LogP contribution in [0.5, 0.6) is 0 Å². The number of benzene rings is 1. The Hall–Kier alpha value is -3.49. The van der Waals surface area contributed by atoms with Crippen molar-refractivity contribution < 1.29 is 0 Å². The molecule has 0 spiro atoms. The van der Waals surface area contributed by atoms with Crippen LogP contribution in [-0.2, 0) is 19.5 Å². The first-order valence-corrected chi connectivity index (χ1v) is 10.3. The molecule has 0 radical (unpaired) electrons. The van der Waals surface area contributed by atoms with E-state index in [1.165, 1.54) is 22.0 Å². The van der Waals surface area contributed by atoms with E-state index >= 15 is 0 Å². The van der Waals surface area contributed by atoms with Crippen LogP contribution in [0.3, 0.4) is 0 Å². The van der Waals surface area contributed by atoms with E-state index < -0.39 is 0 Å². The lowest BCUT2D eigenvalue weighted by Crippen LogP contribution is -2.23. The van der Waals surface area contributed by atoms with Crippen molar-refractivity contribution in [2.45, 2.75) is 19.5 Å². The lowest BCUT2D eigenvalue weighted by atomic mass is 10.0. The summed E-state index contributed by atoms with van der Waals surface area (Å²) in [5.41, 5.74) is 4.37. The number of nitrogens with zero attached hydrogens (tertiary/aromatic N) is 5. The normalized spacial score (nSPS) is 13.2. The van der Waals surface area contributed by atoms with E-state index in [0.29, 0.717) is 34.2 Å². The molecule has 1 aromatic carbocycles. The molecule has 1 aliphatic rings. The molecule has 3 aromatic heterocycles. The number of pyridine rings is 1. The summed E-state index contributed by atoms with van der Waals surface area (Å²) in [6.45, 7) is 5.91. The lowest BCUT2D eigenvalue weighted by molar-refractivity contribution is 0.605. The van der Waals surface area contributed by atoms with Crippen LogP contribution < -0.4 is 16.2 Å². The maximum absolute atomic E-state index is 13.0. The van der Waals surface area contributed by atoms with Crippen molar-refractivity contribution in [2.24, 2.45) is 0 Å². The zero-order chi connectivity index (χ0) is 21.4. The van der Waals surface area contributed by atoms with Crippen molar-refractivity contribution in [3.05, 3.63) is 82.0 Å². The van der Waals surface area contributed by atoms with E-state index in [9.17, 15) is 4.79 Å². The van der Waals surface area contributed by atoms with Gasteiger partial charge in [-0.3, -0.25) is 9.78 Å². The molecule has 4 aromatic rings. The Morgan fingerprint density at radius 1 is 1.26 bits per heavy atom. The number of anilines is 2. The van der Waals surface area contributed by atoms with Gasteiger partial charge in [0, 0.05) is 30.8 Å². The van der Waals surface area contributed by atoms with Gasteiger partial charge in [0.25, 0.3) is 5.56 Å². The topological polar surface area (TPSA) is 89.7 Å². The lowest BCUT2D eigenvalue weighted by Gasteiger charge is -2.18. The van der Waals surface area contributed by atoms with Crippen molar-refractivity contribution >= 4 is 34.3 Å². The van der Waals surface area contributed by atoms with Gasteiger partial charge in [0.15, 0.2) is 5.65 Å². The van der Waals surface area contributed by atoms with Crippen LogP contribution >= 0.6 is 11.6 Å². The van der Waals surface area contributed by atoms with Gasteiger partial charge in [0.1, 0.15) is 5.39 Å². The first-order valence-electron chi connectivity index (χ1n) is 9.94. The second-order valence-corrected chi connectivity index (χ2v) is 7.69. The van der Waals surface area contributed by atoms with E-state index in [1.54, 1.807) is 29.2 Å².